The fraction of sp³-hybridized carbons (Fsp3) is 0.818. The summed E-state index contributed by atoms with van der Waals surface area (Å²) in [5, 5.41) is 9.21. The van der Waals surface area contributed by atoms with Crippen molar-refractivity contribution in [3.63, 3.8) is 0 Å². The molecule has 0 aliphatic carbocycles. The minimum Gasteiger partial charge on any atom is -0.393 e. The molecule has 0 radical (unpaired) electrons. The Morgan fingerprint density at radius 2 is 1.75 bits per heavy atom. The predicted octanol–water partition coefficient (Wildman–Crippen LogP) is 3.00. The second-order valence-electron chi connectivity index (χ2n) is 3.75. The van der Waals surface area contributed by atoms with Crippen LogP contribution in [0.5, 0.6) is 0 Å². The minimum atomic E-state index is -0.227. The maximum absolute atomic E-state index is 9.21. The van der Waals surface area contributed by atoms with Crippen LogP contribution >= 0.6 is 0 Å². The molecule has 0 fully saturated rings. The van der Waals surface area contributed by atoms with Gasteiger partial charge in [0.1, 0.15) is 0 Å². The van der Waals surface area contributed by atoms with Crippen LogP contribution in [0, 0.1) is 11.8 Å². The Bertz CT molecular complexity index is 127. The van der Waals surface area contributed by atoms with Gasteiger partial charge in [-0.15, -0.1) is 0 Å². The van der Waals surface area contributed by atoms with E-state index in [-0.39, 0.29) is 12.0 Å². The van der Waals surface area contributed by atoms with Gasteiger partial charge < -0.3 is 5.11 Å². The van der Waals surface area contributed by atoms with Crippen LogP contribution in [0.2, 0.25) is 0 Å². The van der Waals surface area contributed by atoms with Crippen molar-refractivity contribution in [2.24, 2.45) is 11.8 Å². The molecule has 3 atom stereocenters. The zero-order chi connectivity index (χ0) is 9.56. The normalized spacial score (nSPS) is 19.4. The standard InChI is InChI=1S/C11H22O/c1-5-6-9(2)7-8-10(3)11(4)12/h7-12H,5-6H2,1-4H3/b8-7-/t9-,10?,11+/m1/s1. The third-order valence-corrected chi connectivity index (χ3v) is 2.25. The minimum absolute atomic E-state index is 0.227. The molecule has 1 heteroatoms. The molecule has 0 aliphatic rings. The number of hydrogen-bond donors (Lipinski definition) is 1. The Morgan fingerprint density at radius 1 is 1.17 bits per heavy atom. The molecule has 1 unspecified atom stereocenters. The molecular formula is C11H22O. The zero-order valence-electron chi connectivity index (χ0n) is 8.75. The van der Waals surface area contributed by atoms with E-state index in [1.165, 1.54) is 12.8 Å². The molecule has 0 spiro atoms. The summed E-state index contributed by atoms with van der Waals surface area (Å²) in [7, 11) is 0. The van der Waals surface area contributed by atoms with Gasteiger partial charge in [-0.2, -0.15) is 0 Å². The third kappa shape index (κ3) is 5.36. The van der Waals surface area contributed by atoms with Gasteiger partial charge in [-0.25, -0.2) is 0 Å². The van der Waals surface area contributed by atoms with Gasteiger partial charge in [0.05, 0.1) is 6.10 Å². The second-order valence-corrected chi connectivity index (χ2v) is 3.75. The van der Waals surface area contributed by atoms with Crippen molar-refractivity contribution >= 4 is 0 Å². The van der Waals surface area contributed by atoms with Gasteiger partial charge in [0.2, 0.25) is 0 Å². The largest absolute Gasteiger partial charge is 0.393 e. The highest BCUT2D eigenvalue weighted by atomic mass is 16.3. The molecule has 72 valence electrons. The highest BCUT2D eigenvalue weighted by Crippen LogP contribution is 2.10. The fourth-order valence-corrected chi connectivity index (χ4v) is 1.08. The van der Waals surface area contributed by atoms with E-state index in [4.69, 9.17) is 0 Å². The smallest absolute Gasteiger partial charge is 0.0572 e. The van der Waals surface area contributed by atoms with Crippen LogP contribution in [0.4, 0.5) is 0 Å². The highest BCUT2D eigenvalue weighted by molar-refractivity contribution is 4.91. The van der Waals surface area contributed by atoms with Crippen molar-refractivity contribution in [1.29, 1.82) is 0 Å². The average molecular weight is 170 g/mol. The monoisotopic (exact) mass is 170 g/mol. The second kappa shape index (κ2) is 6.24. The van der Waals surface area contributed by atoms with Crippen molar-refractivity contribution < 1.29 is 5.11 Å². The summed E-state index contributed by atoms with van der Waals surface area (Å²) >= 11 is 0. The van der Waals surface area contributed by atoms with Crippen molar-refractivity contribution in [2.45, 2.75) is 46.6 Å². The van der Waals surface area contributed by atoms with E-state index in [0.717, 1.165) is 0 Å². The summed E-state index contributed by atoms with van der Waals surface area (Å²) in [6.07, 6.45) is 6.57. The van der Waals surface area contributed by atoms with Crippen LogP contribution in [0.3, 0.4) is 0 Å². The first-order valence-corrected chi connectivity index (χ1v) is 4.94. The van der Waals surface area contributed by atoms with E-state index in [1.807, 2.05) is 13.8 Å². The van der Waals surface area contributed by atoms with Gasteiger partial charge >= 0.3 is 0 Å². The molecule has 0 aromatic heterocycles. The summed E-state index contributed by atoms with van der Waals surface area (Å²) in [6.45, 7) is 8.29. The molecular weight excluding hydrogens is 148 g/mol. The first kappa shape index (κ1) is 11.7. The van der Waals surface area contributed by atoms with Gasteiger partial charge in [-0.05, 0) is 25.2 Å². The summed E-state index contributed by atoms with van der Waals surface area (Å²) < 4.78 is 0. The number of hydrogen-bond acceptors (Lipinski definition) is 1. The molecule has 0 bridgehead atoms. The Hall–Kier alpha value is -0.300. The molecule has 12 heavy (non-hydrogen) atoms. The first-order chi connectivity index (χ1) is 5.57. The van der Waals surface area contributed by atoms with Crippen molar-refractivity contribution in [3.8, 4) is 0 Å². The van der Waals surface area contributed by atoms with Gasteiger partial charge in [-0.1, -0.05) is 39.3 Å². The SMILES string of the molecule is CCC[C@@H](C)/C=C\C(C)[C@H](C)O. The van der Waals surface area contributed by atoms with Crippen LogP contribution in [-0.4, -0.2) is 11.2 Å². The summed E-state index contributed by atoms with van der Waals surface area (Å²) in [4.78, 5) is 0. The third-order valence-electron chi connectivity index (χ3n) is 2.25. The summed E-state index contributed by atoms with van der Waals surface area (Å²) in [6, 6.07) is 0. The van der Waals surface area contributed by atoms with Crippen LogP contribution in [0.1, 0.15) is 40.5 Å². The van der Waals surface area contributed by atoms with E-state index in [1.54, 1.807) is 0 Å². The summed E-state index contributed by atoms with van der Waals surface area (Å²) in [5.74, 6) is 0.931. The average Bonchev–Trinajstić information content (AvgIpc) is 2.00. The first-order valence-electron chi connectivity index (χ1n) is 4.94. The summed E-state index contributed by atoms with van der Waals surface area (Å²) in [5.41, 5.74) is 0. The lowest BCUT2D eigenvalue weighted by atomic mass is 10.0. The lowest BCUT2D eigenvalue weighted by Gasteiger charge is -2.10. The van der Waals surface area contributed by atoms with Gasteiger partial charge in [0.15, 0.2) is 0 Å². The van der Waals surface area contributed by atoms with E-state index in [0.29, 0.717) is 5.92 Å². The van der Waals surface area contributed by atoms with E-state index in [2.05, 4.69) is 26.0 Å². The van der Waals surface area contributed by atoms with Crippen LogP contribution < -0.4 is 0 Å². The van der Waals surface area contributed by atoms with Crippen LogP contribution in [0.15, 0.2) is 12.2 Å². The Kier molecular flexibility index (Phi) is 6.09. The van der Waals surface area contributed by atoms with Gasteiger partial charge in [0.25, 0.3) is 0 Å². The molecule has 0 heterocycles. The van der Waals surface area contributed by atoms with Crippen LogP contribution in [0.25, 0.3) is 0 Å². The maximum Gasteiger partial charge on any atom is 0.0572 e. The van der Waals surface area contributed by atoms with Crippen molar-refractivity contribution in [3.05, 3.63) is 12.2 Å². The highest BCUT2D eigenvalue weighted by Gasteiger charge is 2.04. The molecule has 0 aromatic rings. The topological polar surface area (TPSA) is 20.2 Å². The maximum atomic E-state index is 9.21. The number of aliphatic hydroxyl groups is 1. The van der Waals surface area contributed by atoms with E-state index in [9.17, 15) is 5.11 Å². The number of aliphatic hydroxyl groups excluding tert-OH is 1. The molecule has 0 rings (SSSR count). The molecule has 0 aromatic carbocycles. The molecule has 0 aliphatic heterocycles. The van der Waals surface area contributed by atoms with E-state index < -0.39 is 0 Å². The molecule has 1 nitrogen and oxygen atoms in total. The van der Waals surface area contributed by atoms with Gasteiger partial charge in [0, 0.05) is 0 Å². The van der Waals surface area contributed by atoms with Crippen molar-refractivity contribution in [2.75, 3.05) is 0 Å². The van der Waals surface area contributed by atoms with Gasteiger partial charge in [-0.3, -0.25) is 0 Å². The van der Waals surface area contributed by atoms with E-state index >= 15 is 0 Å². The lowest BCUT2D eigenvalue weighted by molar-refractivity contribution is 0.157. The quantitative estimate of drug-likeness (QED) is 0.629. The Morgan fingerprint density at radius 3 is 2.17 bits per heavy atom. The Labute approximate surface area is 76.5 Å². The predicted molar refractivity (Wildman–Crippen MR) is 54.1 cm³/mol. The lowest BCUT2D eigenvalue weighted by Crippen LogP contribution is -2.10. The Balaban J connectivity index is 3.72. The fourth-order valence-electron chi connectivity index (χ4n) is 1.08. The number of rotatable bonds is 5. The number of allylic oxidation sites excluding steroid dienone is 1. The molecule has 1 N–H and O–H groups in total. The zero-order valence-corrected chi connectivity index (χ0v) is 8.75. The molecule has 0 amide bonds. The molecule has 0 saturated carbocycles. The van der Waals surface area contributed by atoms with Crippen molar-refractivity contribution in [1.82, 2.24) is 0 Å². The molecule has 0 saturated heterocycles. The van der Waals surface area contributed by atoms with Crippen LogP contribution in [-0.2, 0) is 0 Å².